The second-order valence-electron chi connectivity index (χ2n) is 3.73. The monoisotopic (exact) mass is 248 g/mol. The average molecular weight is 248 g/mol. The first-order chi connectivity index (χ1) is 7.50. The lowest BCUT2D eigenvalue weighted by Crippen LogP contribution is -2.53. The van der Waals surface area contributed by atoms with E-state index in [-0.39, 0.29) is 6.04 Å². The standard InChI is InChI=1S/C9H16N2O4S/c1-5(12)7(8(13)14)11-9(15)10-6-2-3-16-4-6/h5-7,12H,2-4H2,1H3,(H,13,14)(H2,10,11,15)/t5-,6?,7+/m1/s1. The number of carboxylic acids is 1. The predicted molar refractivity (Wildman–Crippen MR) is 60.5 cm³/mol. The number of hydrogen-bond acceptors (Lipinski definition) is 4. The first-order valence-corrected chi connectivity index (χ1v) is 6.22. The maximum Gasteiger partial charge on any atom is 0.328 e. The molecule has 0 radical (unpaired) electrons. The third kappa shape index (κ3) is 3.90. The van der Waals surface area contributed by atoms with Crippen LogP contribution in [0.5, 0.6) is 0 Å². The van der Waals surface area contributed by atoms with E-state index < -0.39 is 24.1 Å². The quantitative estimate of drug-likeness (QED) is 0.544. The highest BCUT2D eigenvalue weighted by Gasteiger charge is 2.26. The number of hydrogen-bond donors (Lipinski definition) is 4. The zero-order valence-electron chi connectivity index (χ0n) is 8.97. The van der Waals surface area contributed by atoms with Crippen LogP contribution in [0.1, 0.15) is 13.3 Å². The molecule has 0 saturated carbocycles. The summed E-state index contributed by atoms with van der Waals surface area (Å²) in [5.41, 5.74) is 0. The molecular formula is C9H16N2O4S. The third-order valence-corrected chi connectivity index (χ3v) is 3.46. The summed E-state index contributed by atoms with van der Waals surface area (Å²) in [6.45, 7) is 1.32. The lowest BCUT2D eigenvalue weighted by molar-refractivity contribution is -0.141. The second-order valence-corrected chi connectivity index (χ2v) is 4.88. The van der Waals surface area contributed by atoms with E-state index in [1.165, 1.54) is 6.92 Å². The van der Waals surface area contributed by atoms with Gasteiger partial charge in [-0.1, -0.05) is 0 Å². The van der Waals surface area contributed by atoms with E-state index in [4.69, 9.17) is 10.2 Å². The Bertz CT molecular complexity index is 266. The molecule has 1 aliphatic rings. The van der Waals surface area contributed by atoms with E-state index in [9.17, 15) is 9.59 Å². The van der Waals surface area contributed by atoms with Crippen LogP contribution in [-0.2, 0) is 4.79 Å². The van der Waals surface area contributed by atoms with Gasteiger partial charge in [0.2, 0.25) is 0 Å². The van der Waals surface area contributed by atoms with Gasteiger partial charge in [-0.15, -0.1) is 0 Å². The van der Waals surface area contributed by atoms with E-state index in [1.54, 1.807) is 11.8 Å². The molecular weight excluding hydrogens is 232 g/mol. The molecule has 1 rings (SSSR count). The molecule has 4 N–H and O–H groups in total. The van der Waals surface area contributed by atoms with Gasteiger partial charge in [0.05, 0.1) is 6.10 Å². The minimum Gasteiger partial charge on any atom is -0.480 e. The first kappa shape index (κ1) is 13.1. The number of urea groups is 1. The number of aliphatic carboxylic acids is 1. The average Bonchev–Trinajstić information content (AvgIpc) is 2.65. The van der Waals surface area contributed by atoms with Crippen molar-refractivity contribution in [2.24, 2.45) is 0 Å². The van der Waals surface area contributed by atoms with E-state index in [0.29, 0.717) is 0 Å². The Morgan fingerprint density at radius 2 is 2.19 bits per heavy atom. The number of carboxylic acid groups (broad SMARTS) is 1. The van der Waals surface area contributed by atoms with E-state index >= 15 is 0 Å². The summed E-state index contributed by atoms with van der Waals surface area (Å²) in [5.74, 6) is 0.606. The zero-order valence-corrected chi connectivity index (χ0v) is 9.79. The van der Waals surface area contributed by atoms with E-state index in [1.807, 2.05) is 0 Å². The van der Waals surface area contributed by atoms with Crippen molar-refractivity contribution in [1.82, 2.24) is 10.6 Å². The SMILES string of the molecule is C[C@@H](O)[C@H](NC(=O)NC1CCSC1)C(=O)O. The maximum absolute atomic E-state index is 11.4. The van der Waals surface area contributed by atoms with Gasteiger partial charge in [-0.05, 0) is 19.1 Å². The van der Waals surface area contributed by atoms with Crippen molar-refractivity contribution in [3.05, 3.63) is 0 Å². The molecule has 1 aliphatic heterocycles. The Kier molecular flexibility index (Phi) is 4.88. The third-order valence-electron chi connectivity index (χ3n) is 2.30. The van der Waals surface area contributed by atoms with Crippen molar-refractivity contribution in [3.8, 4) is 0 Å². The molecule has 6 nitrogen and oxygen atoms in total. The largest absolute Gasteiger partial charge is 0.480 e. The van der Waals surface area contributed by atoms with Gasteiger partial charge in [-0.2, -0.15) is 11.8 Å². The van der Waals surface area contributed by atoms with Crippen molar-refractivity contribution in [1.29, 1.82) is 0 Å². The van der Waals surface area contributed by atoms with Gasteiger partial charge in [0.25, 0.3) is 0 Å². The number of aliphatic hydroxyl groups excluding tert-OH is 1. The molecule has 0 aliphatic carbocycles. The van der Waals surface area contributed by atoms with Gasteiger partial charge in [0, 0.05) is 11.8 Å². The molecule has 7 heteroatoms. The van der Waals surface area contributed by atoms with Crippen LogP contribution in [0.15, 0.2) is 0 Å². The first-order valence-electron chi connectivity index (χ1n) is 5.06. The summed E-state index contributed by atoms with van der Waals surface area (Å²) >= 11 is 1.75. The fourth-order valence-electron chi connectivity index (χ4n) is 1.41. The molecule has 16 heavy (non-hydrogen) atoms. The van der Waals surface area contributed by atoms with Crippen LogP contribution >= 0.6 is 11.8 Å². The number of aliphatic hydroxyl groups is 1. The number of nitrogens with one attached hydrogen (secondary N) is 2. The lowest BCUT2D eigenvalue weighted by Gasteiger charge is -2.19. The molecule has 3 atom stereocenters. The molecule has 1 unspecified atom stereocenters. The van der Waals surface area contributed by atoms with Crippen molar-refractivity contribution in [2.45, 2.75) is 31.5 Å². The van der Waals surface area contributed by atoms with Gasteiger partial charge in [0.1, 0.15) is 0 Å². The van der Waals surface area contributed by atoms with Crippen molar-refractivity contribution in [2.75, 3.05) is 11.5 Å². The summed E-state index contributed by atoms with van der Waals surface area (Å²) in [6.07, 6.45) is -0.231. The highest BCUT2D eigenvalue weighted by molar-refractivity contribution is 7.99. The molecule has 2 amide bonds. The minimum atomic E-state index is -1.27. The second kappa shape index (κ2) is 5.95. The maximum atomic E-state index is 11.4. The zero-order chi connectivity index (χ0) is 12.1. The van der Waals surface area contributed by atoms with Gasteiger partial charge >= 0.3 is 12.0 Å². The molecule has 0 bridgehead atoms. The number of rotatable bonds is 4. The Labute approximate surface area is 97.8 Å². The highest BCUT2D eigenvalue weighted by atomic mass is 32.2. The van der Waals surface area contributed by atoms with Crippen LogP contribution in [0.25, 0.3) is 0 Å². The lowest BCUT2D eigenvalue weighted by atomic mass is 10.2. The fourth-order valence-corrected chi connectivity index (χ4v) is 2.56. The van der Waals surface area contributed by atoms with Crippen LogP contribution in [0.3, 0.4) is 0 Å². The molecule has 0 spiro atoms. The van der Waals surface area contributed by atoms with Gasteiger partial charge in [-0.3, -0.25) is 0 Å². The Morgan fingerprint density at radius 1 is 1.50 bits per heavy atom. The normalized spacial score (nSPS) is 23.5. The van der Waals surface area contributed by atoms with Crippen LogP contribution in [0.2, 0.25) is 0 Å². The Hall–Kier alpha value is -0.950. The molecule has 0 aromatic heterocycles. The van der Waals surface area contributed by atoms with Gasteiger partial charge < -0.3 is 20.8 Å². The Morgan fingerprint density at radius 3 is 2.62 bits per heavy atom. The van der Waals surface area contributed by atoms with Crippen LogP contribution in [0, 0.1) is 0 Å². The predicted octanol–water partition coefficient (Wildman–Crippen LogP) is -0.375. The summed E-state index contributed by atoms with van der Waals surface area (Å²) < 4.78 is 0. The minimum absolute atomic E-state index is 0.0912. The van der Waals surface area contributed by atoms with Crippen molar-refractivity contribution in [3.63, 3.8) is 0 Å². The van der Waals surface area contributed by atoms with Gasteiger partial charge in [-0.25, -0.2) is 9.59 Å². The topological polar surface area (TPSA) is 98.7 Å². The molecule has 0 aromatic carbocycles. The number of amides is 2. The van der Waals surface area contributed by atoms with E-state index in [0.717, 1.165) is 17.9 Å². The summed E-state index contributed by atoms with van der Waals surface area (Å²) in [6, 6.07) is -1.72. The summed E-state index contributed by atoms with van der Waals surface area (Å²) in [5, 5.41) is 22.8. The van der Waals surface area contributed by atoms with Crippen molar-refractivity contribution < 1.29 is 19.8 Å². The number of carbonyl (C=O) groups excluding carboxylic acids is 1. The highest BCUT2D eigenvalue weighted by Crippen LogP contribution is 2.16. The number of thioether (sulfide) groups is 1. The molecule has 1 saturated heterocycles. The van der Waals surface area contributed by atoms with Gasteiger partial charge in [0.15, 0.2) is 6.04 Å². The van der Waals surface area contributed by atoms with Crippen LogP contribution < -0.4 is 10.6 Å². The molecule has 1 fully saturated rings. The van der Waals surface area contributed by atoms with Crippen LogP contribution in [-0.4, -0.2) is 51.9 Å². The molecule has 92 valence electrons. The summed E-state index contributed by atoms with van der Waals surface area (Å²) in [7, 11) is 0. The Balaban J connectivity index is 2.38. The van der Waals surface area contributed by atoms with Crippen molar-refractivity contribution >= 4 is 23.8 Å². The summed E-state index contributed by atoms with van der Waals surface area (Å²) in [4.78, 5) is 22.1. The van der Waals surface area contributed by atoms with E-state index in [2.05, 4.69) is 10.6 Å². The smallest absolute Gasteiger partial charge is 0.328 e. The fraction of sp³-hybridized carbons (Fsp3) is 0.778. The molecule has 1 heterocycles. The number of carbonyl (C=O) groups is 2. The van der Waals surface area contributed by atoms with Crippen LogP contribution in [0.4, 0.5) is 4.79 Å². The molecule has 0 aromatic rings.